The molecule has 0 aromatic heterocycles. The third-order valence-electron chi connectivity index (χ3n) is 4.59. The fourth-order valence-electron chi connectivity index (χ4n) is 3.42. The third kappa shape index (κ3) is 2.57. The number of imide groups is 1. The quantitative estimate of drug-likeness (QED) is 0.857. The van der Waals surface area contributed by atoms with Crippen LogP contribution in [0.5, 0.6) is 0 Å². The smallest absolute Gasteiger partial charge is 0.322 e. The SMILES string of the molecule is CC(C)N1C(=O)N[C@]2(CCN(Cc3ccccc3C#N)C2)C1=O. The van der Waals surface area contributed by atoms with Crippen molar-refractivity contribution in [3.05, 3.63) is 35.4 Å². The van der Waals surface area contributed by atoms with Crippen LogP contribution in [0, 0.1) is 11.3 Å². The molecule has 1 aromatic carbocycles. The Hall–Kier alpha value is -2.39. The number of carbonyl (C=O) groups excluding carboxylic acids is 2. The Labute approximate surface area is 135 Å². The van der Waals surface area contributed by atoms with Gasteiger partial charge in [0.1, 0.15) is 5.54 Å². The van der Waals surface area contributed by atoms with E-state index in [4.69, 9.17) is 0 Å². The standard InChI is InChI=1S/C17H20N4O2/c1-12(2)21-15(22)17(19-16(21)23)7-8-20(11-17)10-14-6-4-3-5-13(14)9-18/h3-6,12H,7-8,10-11H2,1-2H3,(H,19,23)/t17-/m0/s1. The molecule has 1 N–H and O–H groups in total. The molecule has 1 aromatic rings. The van der Waals surface area contributed by atoms with Crippen molar-refractivity contribution in [2.24, 2.45) is 0 Å². The van der Waals surface area contributed by atoms with E-state index in [1.807, 2.05) is 32.0 Å². The molecule has 0 unspecified atom stereocenters. The number of nitriles is 1. The van der Waals surface area contributed by atoms with Gasteiger partial charge in [0, 0.05) is 25.7 Å². The summed E-state index contributed by atoms with van der Waals surface area (Å²) < 4.78 is 0. The zero-order valence-corrected chi connectivity index (χ0v) is 13.4. The summed E-state index contributed by atoms with van der Waals surface area (Å²) in [6.07, 6.45) is 0.607. The second kappa shape index (κ2) is 5.67. The van der Waals surface area contributed by atoms with Gasteiger partial charge in [-0.2, -0.15) is 5.26 Å². The van der Waals surface area contributed by atoms with Crippen molar-refractivity contribution in [1.29, 1.82) is 5.26 Å². The molecule has 0 bridgehead atoms. The first kappa shape index (κ1) is 15.5. The van der Waals surface area contributed by atoms with E-state index in [1.165, 1.54) is 4.90 Å². The second-order valence-electron chi connectivity index (χ2n) is 6.51. The third-order valence-corrected chi connectivity index (χ3v) is 4.59. The fourth-order valence-corrected chi connectivity index (χ4v) is 3.42. The van der Waals surface area contributed by atoms with Crippen LogP contribution in [0.3, 0.4) is 0 Å². The van der Waals surface area contributed by atoms with E-state index < -0.39 is 5.54 Å². The number of rotatable bonds is 3. The summed E-state index contributed by atoms with van der Waals surface area (Å²) in [5.74, 6) is -0.131. The van der Waals surface area contributed by atoms with Gasteiger partial charge in [-0.1, -0.05) is 18.2 Å². The molecule has 1 atom stereocenters. The van der Waals surface area contributed by atoms with Crippen LogP contribution in [-0.2, 0) is 11.3 Å². The maximum Gasteiger partial charge on any atom is 0.325 e. The van der Waals surface area contributed by atoms with Crippen LogP contribution in [0.2, 0.25) is 0 Å². The van der Waals surface area contributed by atoms with E-state index in [2.05, 4.69) is 16.3 Å². The van der Waals surface area contributed by atoms with Crippen LogP contribution in [0.4, 0.5) is 4.79 Å². The summed E-state index contributed by atoms with van der Waals surface area (Å²) in [4.78, 5) is 28.2. The minimum absolute atomic E-state index is 0.131. The predicted molar refractivity (Wildman–Crippen MR) is 84.3 cm³/mol. The van der Waals surface area contributed by atoms with E-state index >= 15 is 0 Å². The van der Waals surface area contributed by atoms with Crippen molar-refractivity contribution in [2.45, 2.75) is 38.4 Å². The lowest BCUT2D eigenvalue weighted by molar-refractivity contribution is -0.132. The number of nitrogens with zero attached hydrogens (tertiary/aromatic N) is 3. The molecule has 1 spiro atoms. The van der Waals surface area contributed by atoms with Gasteiger partial charge in [0.05, 0.1) is 11.6 Å². The molecule has 6 nitrogen and oxygen atoms in total. The fraction of sp³-hybridized carbons (Fsp3) is 0.471. The first-order valence-electron chi connectivity index (χ1n) is 7.83. The molecule has 2 heterocycles. The van der Waals surface area contributed by atoms with Gasteiger partial charge in [-0.3, -0.25) is 14.6 Å². The van der Waals surface area contributed by atoms with E-state index in [-0.39, 0.29) is 18.0 Å². The molecule has 0 aliphatic carbocycles. The Morgan fingerprint density at radius 3 is 2.74 bits per heavy atom. The number of benzene rings is 1. The van der Waals surface area contributed by atoms with Crippen LogP contribution in [-0.4, -0.2) is 46.4 Å². The van der Waals surface area contributed by atoms with Crippen molar-refractivity contribution >= 4 is 11.9 Å². The number of nitrogens with one attached hydrogen (secondary N) is 1. The van der Waals surface area contributed by atoms with Crippen molar-refractivity contribution in [3.63, 3.8) is 0 Å². The molecular formula is C17H20N4O2. The zero-order chi connectivity index (χ0) is 16.6. The van der Waals surface area contributed by atoms with Crippen molar-refractivity contribution in [3.8, 4) is 6.07 Å². The molecule has 2 fully saturated rings. The number of likely N-dealkylation sites (tertiary alicyclic amines) is 1. The molecule has 3 rings (SSSR count). The Bertz CT molecular complexity index is 694. The summed E-state index contributed by atoms with van der Waals surface area (Å²) in [6.45, 7) is 5.49. The predicted octanol–water partition coefficient (Wildman–Crippen LogP) is 1.46. The van der Waals surface area contributed by atoms with Crippen molar-refractivity contribution in [2.75, 3.05) is 13.1 Å². The van der Waals surface area contributed by atoms with Crippen molar-refractivity contribution < 1.29 is 9.59 Å². The summed E-state index contributed by atoms with van der Waals surface area (Å²) >= 11 is 0. The average Bonchev–Trinajstić information content (AvgIpc) is 3.01. The lowest BCUT2D eigenvalue weighted by Crippen LogP contribution is -2.49. The topological polar surface area (TPSA) is 76.4 Å². The van der Waals surface area contributed by atoms with Crippen LogP contribution < -0.4 is 5.32 Å². The highest BCUT2D eigenvalue weighted by Crippen LogP contribution is 2.30. The van der Waals surface area contributed by atoms with Gasteiger partial charge in [0.15, 0.2) is 0 Å². The maximum absolute atomic E-state index is 12.7. The largest absolute Gasteiger partial charge is 0.325 e. The molecule has 2 saturated heterocycles. The maximum atomic E-state index is 12.7. The van der Waals surface area contributed by atoms with Gasteiger partial charge in [-0.25, -0.2) is 4.79 Å². The summed E-state index contributed by atoms with van der Waals surface area (Å²) in [7, 11) is 0. The average molecular weight is 312 g/mol. The molecule has 23 heavy (non-hydrogen) atoms. The van der Waals surface area contributed by atoms with Crippen LogP contribution >= 0.6 is 0 Å². The second-order valence-corrected chi connectivity index (χ2v) is 6.51. The van der Waals surface area contributed by atoms with Gasteiger partial charge in [0.25, 0.3) is 5.91 Å². The van der Waals surface area contributed by atoms with Crippen LogP contribution in [0.1, 0.15) is 31.4 Å². The lowest BCUT2D eigenvalue weighted by atomic mass is 9.98. The highest BCUT2D eigenvalue weighted by atomic mass is 16.2. The molecule has 2 aliphatic rings. The summed E-state index contributed by atoms with van der Waals surface area (Å²) in [6, 6.07) is 9.23. The van der Waals surface area contributed by atoms with Gasteiger partial charge in [-0.15, -0.1) is 0 Å². The Morgan fingerprint density at radius 2 is 2.09 bits per heavy atom. The summed E-state index contributed by atoms with van der Waals surface area (Å²) in [5, 5.41) is 12.1. The van der Waals surface area contributed by atoms with E-state index in [9.17, 15) is 14.9 Å². The molecule has 0 saturated carbocycles. The van der Waals surface area contributed by atoms with Crippen LogP contribution in [0.15, 0.2) is 24.3 Å². The van der Waals surface area contributed by atoms with E-state index in [0.717, 1.165) is 12.1 Å². The lowest BCUT2D eigenvalue weighted by Gasteiger charge is -2.23. The van der Waals surface area contributed by atoms with Gasteiger partial charge in [0.2, 0.25) is 0 Å². The van der Waals surface area contributed by atoms with Gasteiger partial charge < -0.3 is 5.32 Å². The minimum atomic E-state index is -0.803. The highest BCUT2D eigenvalue weighted by Gasteiger charge is 2.55. The Balaban J connectivity index is 1.75. The molecule has 3 amide bonds. The van der Waals surface area contributed by atoms with E-state index in [0.29, 0.717) is 25.1 Å². The van der Waals surface area contributed by atoms with Crippen molar-refractivity contribution in [1.82, 2.24) is 15.1 Å². The van der Waals surface area contributed by atoms with Gasteiger partial charge in [-0.05, 0) is 31.9 Å². The number of hydrogen-bond donors (Lipinski definition) is 1. The molecule has 120 valence electrons. The Morgan fingerprint density at radius 1 is 1.35 bits per heavy atom. The number of hydrogen-bond acceptors (Lipinski definition) is 4. The molecule has 2 aliphatic heterocycles. The first-order chi connectivity index (χ1) is 11.0. The number of amides is 3. The highest BCUT2D eigenvalue weighted by molar-refractivity contribution is 6.07. The van der Waals surface area contributed by atoms with E-state index in [1.54, 1.807) is 6.07 Å². The number of urea groups is 1. The van der Waals surface area contributed by atoms with Crippen LogP contribution in [0.25, 0.3) is 0 Å². The monoisotopic (exact) mass is 312 g/mol. The Kier molecular flexibility index (Phi) is 3.82. The molecule has 0 radical (unpaired) electrons. The number of carbonyl (C=O) groups is 2. The first-order valence-corrected chi connectivity index (χ1v) is 7.83. The zero-order valence-electron chi connectivity index (χ0n) is 13.4. The molecule has 6 heteroatoms. The summed E-state index contributed by atoms with van der Waals surface area (Å²) in [5.41, 5.74) is 0.798. The van der Waals surface area contributed by atoms with Gasteiger partial charge >= 0.3 is 6.03 Å². The molecular weight excluding hydrogens is 292 g/mol. The normalized spacial score (nSPS) is 24.5. The minimum Gasteiger partial charge on any atom is -0.322 e.